The van der Waals surface area contributed by atoms with Crippen LogP contribution in [0.5, 0.6) is 5.75 Å². The van der Waals surface area contributed by atoms with E-state index in [2.05, 4.69) is 10.6 Å². The fraction of sp³-hybridized carbons (Fsp3) is 0.217. The van der Waals surface area contributed by atoms with Crippen LogP contribution in [0.3, 0.4) is 0 Å². The lowest BCUT2D eigenvalue weighted by Crippen LogP contribution is -2.40. The minimum atomic E-state index is -4.03. The van der Waals surface area contributed by atoms with Crippen molar-refractivity contribution in [2.45, 2.75) is 24.9 Å². The lowest BCUT2D eigenvalue weighted by molar-refractivity contribution is -0.121. The molecule has 0 radical (unpaired) electrons. The first-order valence-corrected chi connectivity index (χ1v) is 11.5. The van der Waals surface area contributed by atoms with Crippen LogP contribution in [0.4, 0.5) is 5.69 Å². The normalized spacial score (nSPS) is 11.2. The zero-order chi connectivity index (χ0) is 23.8. The molecule has 0 atom stereocenters. The van der Waals surface area contributed by atoms with Gasteiger partial charge in [0.2, 0.25) is 21.8 Å². The summed E-state index contributed by atoms with van der Waals surface area (Å²) in [6.45, 7) is 1.09. The van der Waals surface area contributed by atoms with Gasteiger partial charge in [0.15, 0.2) is 0 Å². The number of nitrogens with zero attached hydrogens (tertiary/aromatic N) is 1. The molecule has 1 heterocycles. The van der Waals surface area contributed by atoms with Crippen molar-refractivity contribution in [1.29, 1.82) is 0 Å². The standard InChI is InChI=1S/C23H25N3O6S/c1-17(27)25-19-7-11-22(12-8-19)33(29,30)26(15-21-4-3-13-32-21)16-23(28)24-14-18-5-9-20(31-2)10-6-18/h3-13H,14-16H2,1-2H3,(H,24,28)(H,25,27). The van der Waals surface area contributed by atoms with Gasteiger partial charge in [0.05, 0.1) is 31.4 Å². The number of sulfonamides is 1. The molecule has 9 nitrogen and oxygen atoms in total. The Balaban J connectivity index is 1.74. The number of methoxy groups -OCH3 is 1. The topological polar surface area (TPSA) is 118 Å². The maximum Gasteiger partial charge on any atom is 0.243 e. The lowest BCUT2D eigenvalue weighted by atomic mass is 10.2. The minimum Gasteiger partial charge on any atom is -0.497 e. The second-order valence-corrected chi connectivity index (χ2v) is 9.12. The second-order valence-electron chi connectivity index (χ2n) is 7.18. The van der Waals surface area contributed by atoms with Crippen LogP contribution < -0.4 is 15.4 Å². The molecule has 0 saturated heterocycles. The van der Waals surface area contributed by atoms with Crippen molar-refractivity contribution in [2.75, 3.05) is 19.0 Å². The number of benzene rings is 2. The fourth-order valence-electron chi connectivity index (χ4n) is 3.02. The van der Waals surface area contributed by atoms with Crippen molar-refractivity contribution >= 4 is 27.5 Å². The van der Waals surface area contributed by atoms with Crippen LogP contribution in [0, 0.1) is 0 Å². The molecule has 10 heteroatoms. The summed E-state index contributed by atoms with van der Waals surface area (Å²) in [6, 6.07) is 16.2. The third-order valence-electron chi connectivity index (χ3n) is 4.69. The van der Waals surface area contributed by atoms with Crippen molar-refractivity contribution in [3.8, 4) is 5.75 Å². The molecule has 1 aromatic heterocycles. The van der Waals surface area contributed by atoms with Gasteiger partial charge in [-0.05, 0) is 54.1 Å². The van der Waals surface area contributed by atoms with Gasteiger partial charge in [0.25, 0.3) is 0 Å². The first-order valence-electron chi connectivity index (χ1n) is 10.1. The van der Waals surface area contributed by atoms with Gasteiger partial charge >= 0.3 is 0 Å². The third-order valence-corrected chi connectivity index (χ3v) is 6.50. The van der Waals surface area contributed by atoms with E-state index in [-0.39, 0.29) is 23.9 Å². The van der Waals surface area contributed by atoms with Crippen molar-refractivity contribution in [1.82, 2.24) is 9.62 Å². The van der Waals surface area contributed by atoms with Crippen molar-refractivity contribution in [3.63, 3.8) is 0 Å². The van der Waals surface area contributed by atoms with Crippen LogP contribution >= 0.6 is 0 Å². The molecule has 3 rings (SSSR count). The number of hydrogen-bond donors (Lipinski definition) is 2. The monoisotopic (exact) mass is 471 g/mol. The summed E-state index contributed by atoms with van der Waals surface area (Å²) in [7, 11) is -2.46. The maximum absolute atomic E-state index is 13.3. The summed E-state index contributed by atoms with van der Waals surface area (Å²) in [6.07, 6.45) is 1.44. The van der Waals surface area contributed by atoms with Crippen molar-refractivity contribution in [3.05, 3.63) is 78.3 Å². The summed E-state index contributed by atoms with van der Waals surface area (Å²) < 4.78 is 38.0. The molecule has 2 amide bonds. The number of nitrogens with one attached hydrogen (secondary N) is 2. The second kappa shape index (κ2) is 10.8. The summed E-state index contributed by atoms with van der Waals surface area (Å²) in [5, 5.41) is 5.32. The molecule has 0 saturated carbocycles. The van der Waals surface area contributed by atoms with Gasteiger partial charge in [-0.1, -0.05) is 12.1 Å². The zero-order valence-corrected chi connectivity index (χ0v) is 19.1. The number of carbonyl (C=O) groups excluding carboxylic acids is 2. The first kappa shape index (κ1) is 24.0. The van der Waals surface area contributed by atoms with Gasteiger partial charge in [0.1, 0.15) is 11.5 Å². The molecule has 0 aliphatic carbocycles. The number of carbonyl (C=O) groups is 2. The zero-order valence-electron chi connectivity index (χ0n) is 18.3. The van der Waals surface area contributed by atoms with E-state index in [1.54, 1.807) is 31.4 Å². The molecular weight excluding hydrogens is 446 g/mol. The fourth-order valence-corrected chi connectivity index (χ4v) is 4.39. The Kier molecular flexibility index (Phi) is 7.86. The Bertz CT molecular complexity index is 1170. The molecule has 174 valence electrons. The number of amides is 2. The molecule has 0 unspecified atom stereocenters. The molecule has 0 spiro atoms. The van der Waals surface area contributed by atoms with E-state index in [1.165, 1.54) is 37.5 Å². The Labute approximate surface area is 192 Å². The van der Waals surface area contributed by atoms with Crippen LogP contribution in [0.2, 0.25) is 0 Å². The number of rotatable bonds is 10. The number of hydrogen-bond acceptors (Lipinski definition) is 6. The molecule has 3 aromatic rings. The Morgan fingerprint density at radius 1 is 1.03 bits per heavy atom. The van der Waals surface area contributed by atoms with Crippen LogP contribution in [-0.2, 0) is 32.7 Å². The number of anilines is 1. The van der Waals surface area contributed by atoms with Gasteiger partial charge in [-0.25, -0.2) is 8.42 Å². The Hall–Kier alpha value is -3.63. The van der Waals surface area contributed by atoms with Crippen LogP contribution in [-0.4, -0.2) is 38.2 Å². The quantitative estimate of drug-likeness (QED) is 0.469. The van der Waals surface area contributed by atoms with Gasteiger partial charge in [-0.2, -0.15) is 4.31 Å². The van der Waals surface area contributed by atoms with Crippen LogP contribution in [0.15, 0.2) is 76.2 Å². The molecule has 0 fully saturated rings. The van der Waals surface area contributed by atoms with Gasteiger partial charge < -0.3 is 19.8 Å². The highest BCUT2D eigenvalue weighted by atomic mass is 32.2. The highest BCUT2D eigenvalue weighted by Gasteiger charge is 2.27. The molecule has 33 heavy (non-hydrogen) atoms. The molecule has 0 aliphatic rings. The lowest BCUT2D eigenvalue weighted by Gasteiger charge is -2.21. The number of furan rings is 1. The summed E-state index contributed by atoms with van der Waals surface area (Å²) in [5.74, 6) is 0.371. The molecule has 0 aliphatic heterocycles. The van der Waals surface area contributed by atoms with Crippen LogP contribution in [0.25, 0.3) is 0 Å². The minimum absolute atomic E-state index is 0.00823. The molecule has 2 aromatic carbocycles. The van der Waals surface area contributed by atoms with Crippen molar-refractivity contribution in [2.24, 2.45) is 0 Å². The van der Waals surface area contributed by atoms with Gasteiger partial charge in [-0.3, -0.25) is 9.59 Å². The van der Waals surface area contributed by atoms with Crippen molar-refractivity contribution < 1.29 is 27.2 Å². The summed E-state index contributed by atoms with van der Waals surface area (Å²) in [5.41, 5.74) is 1.31. The SMILES string of the molecule is COc1ccc(CNC(=O)CN(Cc2ccco2)S(=O)(=O)c2ccc(NC(C)=O)cc2)cc1. The van der Waals surface area contributed by atoms with E-state index >= 15 is 0 Å². The predicted octanol–water partition coefficient (Wildman–Crippen LogP) is 2.75. The molecule has 2 N–H and O–H groups in total. The summed E-state index contributed by atoms with van der Waals surface area (Å²) in [4.78, 5) is 23.8. The smallest absolute Gasteiger partial charge is 0.243 e. The highest BCUT2D eigenvalue weighted by molar-refractivity contribution is 7.89. The largest absolute Gasteiger partial charge is 0.497 e. The Morgan fingerprint density at radius 2 is 1.73 bits per heavy atom. The average Bonchev–Trinajstić information content (AvgIpc) is 3.31. The van der Waals surface area contributed by atoms with Gasteiger partial charge in [-0.15, -0.1) is 0 Å². The highest BCUT2D eigenvalue weighted by Crippen LogP contribution is 2.21. The van der Waals surface area contributed by atoms with E-state index in [4.69, 9.17) is 9.15 Å². The third kappa shape index (κ3) is 6.67. The summed E-state index contributed by atoms with van der Waals surface area (Å²) >= 11 is 0. The molecular formula is C23H25N3O6S. The number of ether oxygens (including phenoxy) is 1. The van der Waals surface area contributed by atoms with Crippen LogP contribution in [0.1, 0.15) is 18.2 Å². The predicted molar refractivity (Wildman–Crippen MR) is 122 cm³/mol. The van der Waals surface area contributed by atoms with E-state index in [1.807, 2.05) is 12.1 Å². The van der Waals surface area contributed by atoms with E-state index in [9.17, 15) is 18.0 Å². The Morgan fingerprint density at radius 3 is 2.30 bits per heavy atom. The van der Waals surface area contributed by atoms with Gasteiger partial charge in [0, 0.05) is 19.2 Å². The maximum atomic E-state index is 13.3. The average molecular weight is 472 g/mol. The van der Waals surface area contributed by atoms with E-state index < -0.39 is 22.5 Å². The molecule has 0 bridgehead atoms. The van der Waals surface area contributed by atoms with E-state index in [0.717, 1.165) is 9.87 Å². The first-order chi connectivity index (χ1) is 15.8. The van der Waals surface area contributed by atoms with E-state index in [0.29, 0.717) is 17.2 Å².